The van der Waals surface area contributed by atoms with Crippen molar-refractivity contribution in [3.63, 3.8) is 0 Å². The molecule has 1 amide bonds. The Labute approximate surface area is 119 Å². The lowest BCUT2D eigenvalue weighted by Gasteiger charge is -2.13. The molecule has 2 N–H and O–H groups in total. The molecule has 0 unspecified atom stereocenters. The van der Waals surface area contributed by atoms with E-state index in [-0.39, 0.29) is 12.5 Å². The Balaban J connectivity index is 2.37. The second kappa shape index (κ2) is 7.38. The van der Waals surface area contributed by atoms with Gasteiger partial charge in [0, 0.05) is 26.0 Å². The predicted molar refractivity (Wildman–Crippen MR) is 78.9 cm³/mol. The molecular weight excluding hydrogens is 316 g/mol. The first-order chi connectivity index (χ1) is 8.52. The third-order valence-electron chi connectivity index (χ3n) is 2.19. The lowest BCUT2D eigenvalue weighted by Crippen LogP contribution is -2.42. The number of amides is 1. The van der Waals surface area contributed by atoms with E-state index in [9.17, 15) is 4.79 Å². The van der Waals surface area contributed by atoms with Crippen LogP contribution in [0.25, 0.3) is 0 Å². The van der Waals surface area contributed by atoms with Crippen molar-refractivity contribution in [3.8, 4) is 0 Å². The summed E-state index contributed by atoms with van der Waals surface area (Å²) in [5.74, 6) is 0.631. The summed E-state index contributed by atoms with van der Waals surface area (Å²) in [4.78, 5) is 18.2. The van der Waals surface area contributed by atoms with Crippen molar-refractivity contribution in [2.45, 2.75) is 6.54 Å². The Bertz CT molecular complexity index is 430. The number of halogens is 1. The molecule has 1 aromatic rings. The number of thiophene rings is 1. The molecule has 1 rings (SSSR count). The monoisotopic (exact) mass is 332 g/mol. The maximum absolute atomic E-state index is 11.4. The Morgan fingerprint density at radius 3 is 2.67 bits per heavy atom. The second-order valence-corrected chi connectivity index (χ2v) is 6.32. The maximum Gasteiger partial charge on any atom is 0.241 e. The molecule has 0 aliphatic heterocycles. The fraction of sp³-hybridized carbons (Fsp3) is 0.455. The van der Waals surface area contributed by atoms with Gasteiger partial charge in [-0.3, -0.25) is 9.79 Å². The van der Waals surface area contributed by atoms with Crippen molar-refractivity contribution in [1.82, 2.24) is 15.5 Å². The molecule has 0 atom stereocenters. The summed E-state index contributed by atoms with van der Waals surface area (Å²) < 4.78 is 1.10. The summed E-state index contributed by atoms with van der Waals surface area (Å²) in [6, 6.07) is 4.05. The molecule has 18 heavy (non-hydrogen) atoms. The number of hydrogen-bond acceptors (Lipinski definition) is 3. The van der Waals surface area contributed by atoms with Gasteiger partial charge < -0.3 is 15.5 Å². The molecule has 0 saturated carbocycles. The van der Waals surface area contributed by atoms with Gasteiger partial charge in [-0.05, 0) is 28.1 Å². The zero-order chi connectivity index (χ0) is 13.5. The number of carbonyl (C=O) groups is 1. The molecular formula is C11H17BrN4OS. The van der Waals surface area contributed by atoms with Gasteiger partial charge in [-0.15, -0.1) is 11.3 Å². The number of guanidine groups is 1. The summed E-state index contributed by atoms with van der Waals surface area (Å²) in [5.41, 5.74) is 0. The average Bonchev–Trinajstić information content (AvgIpc) is 2.74. The van der Waals surface area contributed by atoms with Crippen LogP contribution in [0.1, 0.15) is 4.88 Å². The molecule has 0 fully saturated rings. The van der Waals surface area contributed by atoms with Gasteiger partial charge in [0.05, 0.1) is 16.9 Å². The normalized spacial score (nSPS) is 11.2. The molecule has 0 aliphatic rings. The fourth-order valence-corrected chi connectivity index (χ4v) is 2.58. The molecule has 0 radical (unpaired) electrons. The summed E-state index contributed by atoms with van der Waals surface area (Å²) >= 11 is 5.08. The lowest BCUT2D eigenvalue weighted by atomic mass is 10.4. The van der Waals surface area contributed by atoms with E-state index in [1.54, 1.807) is 32.5 Å². The van der Waals surface area contributed by atoms with E-state index in [0.717, 1.165) is 3.79 Å². The Morgan fingerprint density at radius 1 is 1.44 bits per heavy atom. The van der Waals surface area contributed by atoms with Crippen LogP contribution in [0.5, 0.6) is 0 Å². The third-order valence-corrected chi connectivity index (χ3v) is 3.81. The van der Waals surface area contributed by atoms with Gasteiger partial charge in [-0.2, -0.15) is 0 Å². The number of likely N-dealkylation sites (N-methyl/N-ethyl adjacent to an activating group) is 1. The zero-order valence-corrected chi connectivity index (χ0v) is 13.1. The van der Waals surface area contributed by atoms with Crippen LogP contribution < -0.4 is 10.6 Å². The van der Waals surface area contributed by atoms with Crippen molar-refractivity contribution in [1.29, 1.82) is 0 Å². The molecule has 100 valence electrons. The maximum atomic E-state index is 11.4. The van der Waals surface area contributed by atoms with Crippen LogP contribution >= 0.6 is 27.3 Å². The van der Waals surface area contributed by atoms with Crippen LogP contribution in [0.2, 0.25) is 0 Å². The van der Waals surface area contributed by atoms with Gasteiger partial charge >= 0.3 is 0 Å². The molecule has 0 spiro atoms. The highest BCUT2D eigenvalue weighted by atomic mass is 79.9. The van der Waals surface area contributed by atoms with Crippen molar-refractivity contribution >= 4 is 39.1 Å². The number of aliphatic imine (C=N–C) groups is 1. The second-order valence-electron chi connectivity index (χ2n) is 3.77. The van der Waals surface area contributed by atoms with Gasteiger partial charge in [0.25, 0.3) is 0 Å². The summed E-state index contributed by atoms with van der Waals surface area (Å²) in [5, 5.41) is 6.12. The van der Waals surface area contributed by atoms with Crippen LogP contribution in [-0.4, -0.2) is 44.5 Å². The molecule has 1 aromatic heterocycles. The number of carbonyl (C=O) groups excluding carboxylic acids is 1. The molecule has 0 aliphatic carbocycles. The Hall–Kier alpha value is -1.08. The first kappa shape index (κ1) is 15.0. The summed E-state index contributed by atoms with van der Waals surface area (Å²) in [6.45, 7) is 0.924. The highest BCUT2D eigenvalue weighted by Gasteiger charge is 2.05. The minimum atomic E-state index is 0.0109. The van der Waals surface area contributed by atoms with Crippen molar-refractivity contribution in [2.75, 3.05) is 27.7 Å². The van der Waals surface area contributed by atoms with Gasteiger partial charge in [0.2, 0.25) is 5.91 Å². The molecule has 1 heterocycles. The highest BCUT2D eigenvalue weighted by molar-refractivity contribution is 9.11. The molecule has 0 saturated heterocycles. The standard InChI is InChI=1S/C11H17BrN4OS/c1-13-11(15-7-10(17)16(2)3)14-6-8-4-5-9(12)18-8/h4-5H,6-7H2,1-3H3,(H2,13,14,15). The highest BCUT2D eigenvalue weighted by Crippen LogP contribution is 2.21. The number of nitrogens with one attached hydrogen (secondary N) is 2. The third kappa shape index (κ3) is 5.05. The van der Waals surface area contributed by atoms with Crippen LogP contribution in [0.4, 0.5) is 0 Å². The zero-order valence-electron chi connectivity index (χ0n) is 10.7. The topological polar surface area (TPSA) is 56.7 Å². The Morgan fingerprint density at radius 2 is 2.17 bits per heavy atom. The quantitative estimate of drug-likeness (QED) is 0.644. The first-order valence-electron chi connectivity index (χ1n) is 5.42. The summed E-state index contributed by atoms with van der Waals surface area (Å²) in [6.07, 6.45) is 0. The van der Waals surface area contributed by atoms with E-state index >= 15 is 0 Å². The van der Waals surface area contributed by atoms with Crippen LogP contribution in [-0.2, 0) is 11.3 Å². The predicted octanol–water partition coefficient (Wildman–Crippen LogP) is 1.26. The van der Waals surface area contributed by atoms with Crippen LogP contribution in [0, 0.1) is 0 Å². The number of nitrogens with zero attached hydrogens (tertiary/aromatic N) is 2. The van der Waals surface area contributed by atoms with Crippen LogP contribution in [0.3, 0.4) is 0 Å². The van der Waals surface area contributed by atoms with E-state index in [4.69, 9.17) is 0 Å². The fourth-order valence-electron chi connectivity index (χ4n) is 1.16. The number of rotatable bonds is 4. The van der Waals surface area contributed by atoms with Gasteiger partial charge in [-0.1, -0.05) is 0 Å². The molecule has 5 nitrogen and oxygen atoms in total. The minimum absolute atomic E-state index is 0.0109. The van der Waals surface area contributed by atoms with Crippen molar-refractivity contribution in [3.05, 3.63) is 20.8 Å². The van der Waals surface area contributed by atoms with E-state index in [2.05, 4.69) is 31.6 Å². The molecule has 0 aromatic carbocycles. The molecule has 7 heteroatoms. The SMILES string of the molecule is CN=C(NCC(=O)N(C)C)NCc1ccc(Br)s1. The van der Waals surface area contributed by atoms with E-state index in [0.29, 0.717) is 12.5 Å². The van der Waals surface area contributed by atoms with E-state index in [1.807, 2.05) is 12.1 Å². The Kier molecular flexibility index (Phi) is 6.14. The van der Waals surface area contributed by atoms with E-state index in [1.165, 1.54) is 9.78 Å². The minimum Gasteiger partial charge on any atom is -0.352 e. The molecule has 0 bridgehead atoms. The van der Waals surface area contributed by atoms with Gasteiger partial charge in [0.15, 0.2) is 5.96 Å². The largest absolute Gasteiger partial charge is 0.352 e. The van der Waals surface area contributed by atoms with Crippen molar-refractivity contribution in [2.24, 2.45) is 4.99 Å². The summed E-state index contributed by atoms with van der Waals surface area (Å²) in [7, 11) is 5.13. The van der Waals surface area contributed by atoms with Gasteiger partial charge in [0.1, 0.15) is 0 Å². The van der Waals surface area contributed by atoms with Crippen molar-refractivity contribution < 1.29 is 4.79 Å². The smallest absolute Gasteiger partial charge is 0.241 e. The number of hydrogen-bond donors (Lipinski definition) is 2. The average molecular weight is 333 g/mol. The first-order valence-corrected chi connectivity index (χ1v) is 7.02. The van der Waals surface area contributed by atoms with Gasteiger partial charge in [-0.25, -0.2) is 0 Å². The van der Waals surface area contributed by atoms with Crippen LogP contribution in [0.15, 0.2) is 20.9 Å². The lowest BCUT2D eigenvalue weighted by molar-refractivity contribution is -0.127. The van der Waals surface area contributed by atoms with E-state index < -0.39 is 0 Å².